The van der Waals surface area contributed by atoms with Gasteiger partial charge in [0.25, 0.3) is 0 Å². The number of aliphatic hydroxyl groups excluding tert-OH is 1. The molecule has 0 rings (SSSR count). The van der Waals surface area contributed by atoms with E-state index in [1.807, 2.05) is 0 Å². The summed E-state index contributed by atoms with van der Waals surface area (Å²) >= 11 is 0. The summed E-state index contributed by atoms with van der Waals surface area (Å²) in [6.07, 6.45) is 57.0. The summed E-state index contributed by atoms with van der Waals surface area (Å²) in [5, 5.41) is 10.2. The molecule has 0 saturated carbocycles. The Bertz CT molecular complexity index is 715. The number of hydrogen-bond acceptors (Lipinski definition) is 2. The van der Waals surface area contributed by atoms with Crippen LogP contribution in [0.15, 0.2) is 48.6 Å². The first kappa shape index (κ1) is 44.6. The Morgan fingerprint density at radius 2 is 0.717 bits per heavy atom. The van der Waals surface area contributed by atoms with Gasteiger partial charge in [0.05, 0.1) is 0 Å². The van der Waals surface area contributed by atoms with Crippen molar-refractivity contribution < 1.29 is 9.90 Å². The molecule has 0 aliphatic rings. The van der Waals surface area contributed by atoms with Crippen LogP contribution < -0.4 is 0 Å². The highest BCUT2D eigenvalue weighted by molar-refractivity contribution is 5.82. The lowest BCUT2D eigenvalue weighted by Gasteiger charge is -2.09. The molecular weight excluding hydrogens is 560 g/mol. The summed E-state index contributed by atoms with van der Waals surface area (Å²) in [5.41, 5.74) is 0. The molecule has 0 fully saturated rings. The van der Waals surface area contributed by atoms with E-state index in [4.69, 9.17) is 0 Å². The first-order chi connectivity index (χ1) is 22.7. The van der Waals surface area contributed by atoms with Crippen molar-refractivity contribution in [3.8, 4) is 0 Å². The van der Waals surface area contributed by atoms with Gasteiger partial charge >= 0.3 is 0 Å². The lowest BCUT2D eigenvalue weighted by atomic mass is 10.0. The molecule has 2 heteroatoms. The van der Waals surface area contributed by atoms with E-state index < -0.39 is 6.10 Å². The Morgan fingerprint density at radius 1 is 0.413 bits per heavy atom. The van der Waals surface area contributed by atoms with Gasteiger partial charge in [0, 0.05) is 6.42 Å². The monoisotopic (exact) mass is 641 g/mol. The van der Waals surface area contributed by atoms with Gasteiger partial charge in [-0.3, -0.25) is 4.79 Å². The normalized spacial score (nSPS) is 12.9. The highest BCUT2D eigenvalue weighted by atomic mass is 16.3. The van der Waals surface area contributed by atoms with Crippen LogP contribution in [-0.4, -0.2) is 17.0 Å². The molecule has 1 unspecified atom stereocenters. The topological polar surface area (TPSA) is 37.3 Å². The Morgan fingerprint density at radius 3 is 1.11 bits per heavy atom. The fourth-order valence-electron chi connectivity index (χ4n) is 6.05. The van der Waals surface area contributed by atoms with Gasteiger partial charge in [-0.1, -0.05) is 210 Å². The molecule has 0 saturated heterocycles. The summed E-state index contributed by atoms with van der Waals surface area (Å²) in [4.78, 5) is 12.2. The molecule has 268 valence electrons. The van der Waals surface area contributed by atoms with Crippen LogP contribution in [-0.2, 0) is 4.79 Å². The van der Waals surface area contributed by atoms with Gasteiger partial charge < -0.3 is 5.11 Å². The Labute approximate surface area is 289 Å². The number of aliphatic hydroxyl groups is 1. The molecule has 0 radical (unpaired) electrons. The van der Waals surface area contributed by atoms with Crippen molar-refractivity contribution in [3.63, 3.8) is 0 Å². The third kappa shape index (κ3) is 37.1. The van der Waals surface area contributed by atoms with Gasteiger partial charge in [0.2, 0.25) is 0 Å². The molecule has 0 amide bonds. The molecular formula is C44H80O2. The second kappa shape index (κ2) is 39.8. The minimum absolute atomic E-state index is 0.0315. The summed E-state index contributed by atoms with van der Waals surface area (Å²) in [6.45, 7) is 4.54. The van der Waals surface area contributed by atoms with Crippen LogP contribution in [0.2, 0.25) is 0 Å². The maximum atomic E-state index is 12.2. The maximum absolute atomic E-state index is 12.2. The smallest absolute Gasteiger partial charge is 0.161 e. The Kier molecular flexibility index (Phi) is 38.5. The number of rotatable bonds is 37. The predicted octanol–water partition coefficient (Wildman–Crippen LogP) is 14.7. The van der Waals surface area contributed by atoms with Crippen molar-refractivity contribution in [3.05, 3.63) is 48.6 Å². The average Bonchev–Trinajstić information content (AvgIpc) is 3.06. The Hall–Kier alpha value is -1.41. The molecule has 46 heavy (non-hydrogen) atoms. The first-order valence-electron chi connectivity index (χ1n) is 20.5. The van der Waals surface area contributed by atoms with Crippen molar-refractivity contribution in [2.24, 2.45) is 0 Å². The van der Waals surface area contributed by atoms with E-state index in [-0.39, 0.29) is 5.78 Å². The minimum atomic E-state index is -0.753. The standard InChI is InChI=1S/C44H80O2/c1-3-5-7-9-11-13-15-17-19-21-22-23-24-26-28-30-32-34-36-38-40-42-44(46)43(45)41-39-37-35-33-31-29-27-25-20-18-16-14-12-10-8-6-4-2/h12,14,18,20,27,29,33,35,44,46H,3-11,13,15-17,19,21-26,28,30-32,34,36-42H2,1-2H3/b14-12-,20-18-,29-27-,35-33-. The second-order valence-electron chi connectivity index (χ2n) is 13.8. The maximum Gasteiger partial charge on any atom is 0.161 e. The summed E-state index contributed by atoms with van der Waals surface area (Å²) in [7, 11) is 0. The number of unbranched alkanes of at least 4 members (excludes halogenated alkanes) is 24. The van der Waals surface area contributed by atoms with E-state index in [0.29, 0.717) is 12.8 Å². The molecule has 0 bridgehead atoms. The number of Topliss-reactive ketones (excluding diaryl/α,β-unsaturated/α-hetero) is 1. The lowest BCUT2D eigenvalue weighted by Crippen LogP contribution is -2.19. The van der Waals surface area contributed by atoms with Gasteiger partial charge in [-0.25, -0.2) is 0 Å². The quantitative estimate of drug-likeness (QED) is 0.0542. The van der Waals surface area contributed by atoms with Crippen LogP contribution in [0.25, 0.3) is 0 Å². The number of hydrogen-bond donors (Lipinski definition) is 1. The zero-order valence-electron chi connectivity index (χ0n) is 31.2. The molecule has 0 aromatic heterocycles. The molecule has 0 aromatic carbocycles. The van der Waals surface area contributed by atoms with Crippen molar-refractivity contribution >= 4 is 5.78 Å². The van der Waals surface area contributed by atoms with Gasteiger partial charge in [0.1, 0.15) is 6.10 Å². The van der Waals surface area contributed by atoms with E-state index >= 15 is 0 Å². The predicted molar refractivity (Wildman–Crippen MR) is 207 cm³/mol. The molecule has 0 aliphatic carbocycles. The number of allylic oxidation sites excluding steroid dienone is 8. The molecule has 0 aliphatic heterocycles. The fraction of sp³-hybridized carbons (Fsp3) is 0.795. The van der Waals surface area contributed by atoms with Crippen molar-refractivity contribution in [1.82, 2.24) is 0 Å². The highest BCUT2D eigenvalue weighted by Gasteiger charge is 2.13. The van der Waals surface area contributed by atoms with Gasteiger partial charge in [-0.15, -0.1) is 0 Å². The van der Waals surface area contributed by atoms with Crippen molar-refractivity contribution in [2.75, 3.05) is 0 Å². The molecule has 1 N–H and O–H groups in total. The van der Waals surface area contributed by atoms with E-state index in [9.17, 15) is 9.90 Å². The van der Waals surface area contributed by atoms with E-state index in [1.54, 1.807) is 0 Å². The van der Waals surface area contributed by atoms with E-state index in [2.05, 4.69) is 62.5 Å². The lowest BCUT2D eigenvalue weighted by molar-refractivity contribution is -0.127. The number of ketones is 1. The third-order valence-electron chi connectivity index (χ3n) is 9.20. The van der Waals surface area contributed by atoms with Gasteiger partial charge in [-0.2, -0.15) is 0 Å². The van der Waals surface area contributed by atoms with Crippen LogP contribution in [0.4, 0.5) is 0 Å². The van der Waals surface area contributed by atoms with Crippen molar-refractivity contribution in [2.45, 2.75) is 225 Å². The molecule has 2 nitrogen and oxygen atoms in total. The van der Waals surface area contributed by atoms with E-state index in [0.717, 1.165) is 44.9 Å². The zero-order chi connectivity index (χ0) is 33.4. The first-order valence-corrected chi connectivity index (χ1v) is 20.5. The molecule has 0 aromatic rings. The highest BCUT2D eigenvalue weighted by Crippen LogP contribution is 2.16. The van der Waals surface area contributed by atoms with Crippen molar-refractivity contribution in [1.29, 1.82) is 0 Å². The summed E-state index contributed by atoms with van der Waals surface area (Å²) in [6, 6.07) is 0. The molecule has 0 heterocycles. The number of carbonyl (C=O) groups excluding carboxylic acids is 1. The second-order valence-corrected chi connectivity index (χ2v) is 13.8. The zero-order valence-corrected chi connectivity index (χ0v) is 31.2. The number of carbonyl (C=O) groups is 1. The van der Waals surface area contributed by atoms with E-state index in [1.165, 1.54) is 148 Å². The average molecular weight is 641 g/mol. The fourth-order valence-corrected chi connectivity index (χ4v) is 6.05. The summed E-state index contributed by atoms with van der Waals surface area (Å²) in [5.74, 6) is 0.0315. The summed E-state index contributed by atoms with van der Waals surface area (Å²) < 4.78 is 0. The van der Waals surface area contributed by atoms with Crippen LogP contribution in [0.5, 0.6) is 0 Å². The SMILES string of the molecule is CCCCC/C=C\C/C=C\C/C=C\C/C=C\CCCC(=O)C(O)CCCCCCCCCCCCCCCCCCCCCCC. The van der Waals surface area contributed by atoms with Crippen LogP contribution in [0, 0.1) is 0 Å². The third-order valence-corrected chi connectivity index (χ3v) is 9.20. The largest absolute Gasteiger partial charge is 0.385 e. The van der Waals surface area contributed by atoms with Gasteiger partial charge in [0.15, 0.2) is 5.78 Å². The molecule has 0 spiro atoms. The van der Waals surface area contributed by atoms with Crippen LogP contribution in [0.3, 0.4) is 0 Å². The molecule has 1 atom stereocenters. The van der Waals surface area contributed by atoms with Crippen LogP contribution >= 0.6 is 0 Å². The Balaban J connectivity index is 3.40. The minimum Gasteiger partial charge on any atom is -0.385 e. The van der Waals surface area contributed by atoms with Crippen LogP contribution in [0.1, 0.15) is 219 Å². The van der Waals surface area contributed by atoms with Gasteiger partial charge in [-0.05, 0) is 51.4 Å².